The molecule has 1 fully saturated rings. The molecule has 0 radical (unpaired) electrons. The Labute approximate surface area is 208 Å². The van der Waals surface area contributed by atoms with Crippen molar-refractivity contribution in [1.29, 1.82) is 0 Å². The van der Waals surface area contributed by atoms with Gasteiger partial charge in [-0.1, -0.05) is 24.3 Å². The highest BCUT2D eigenvalue weighted by atomic mass is 127. The Morgan fingerprint density at radius 2 is 1.69 bits per heavy atom. The maximum Gasteiger partial charge on any atom is 0.191 e. The van der Waals surface area contributed by atoms with E-state index in [-0.39, 0.29) is 24.0 Å². The van der Waals surface area contributed by atoms with Crippen LogP contribution in [-0.4, -0.2) is 64.5 Å². The van der Waals surface area contributed by atoms with Gasteiger partial charge in [0.25, 0.3) is 0 Å². The molecule has 2 N–H and O–H groups in total. The largest absolute Gasteiger partial charge is 0.497 e. The van der Waals surface area contributed by atoms with E-state index in [2.05, 4.69) is 44.8 Å². The first kappa shape index (κ1) is 26.2. The van der Waals surface area contributed by atoms with Gasteiger partial charge in [0.15, 0.2) is 5.96 Å². The third-order valence-corrected chi connectivity index (χ3v) is 5.23. The van der Waals surface area contributed by atoms with Crippen LogP contribution in [0.15, 0.2) is 53.5 Å². The highest BCUT2D eigenvalue weighted by molar-refractivity contribution is 14.0. The van der Waals surface area contributed by atoms with Crippen LogP contribution in [0.2, 0.25) is 0 Å². The van der Waals surface area contributed by atoms with Gasteiger partial charge in [-0.25, -0.2) is 0 Å². The van der Waals surface area contributed by atoms with E-state index in [1.165, 1.54) is 11.1 Å². The number of methoxy groups -OCH3 is 1. The number of nitrogens with one attached hydrogen (secondary N) is 2. The van der Waals surface area contributed by atoms with Gasteiger partial charge in [0.2, 0.25) is 0 Å². The van der Waals surface area contributed by atoms with Crippen LogP contribution in [0, 0.1) is 0 Å². The third-order valence-electron chi connectivity index (χ3n) is 5.23. The highest BCUT2D eigenvalue weighted by Gasteiger charge is 2.12. The summed E-state index contributed by atoms with van der Waals surface area (Å²) in [5.41, 5.74) is 2.64. The summed E-state index contributed by atoms with van der Waals surface area (Å²) in [6.45, 7) is 6.73. The minimum absolute atomic E-state index is 0. The van der Waals surface area contributed by atoms with Crippen LogP contribution in [0.3, 0.4) is 0 Å². The van der Waals surface area contributed by atoms with Crippen molar-refractivity contribution in [1.82, 2.24) is 15.5 Å². The van der Waals surface area contributed by atoms with Crippen LogP contribution < -0.4 is 20.1 Å². The minimum atomic E-state index is 0. The number of aliphatic imine (C=N–C) groups is 1. The molecule has 1 aliphatic rings. The summed E-state index contributed by atoms with van der Waals surface area (Å²) in [5.74, 6) is 2.47. The van der Waals surface area contributed by atoms with E-state index in [9.17, 15) is 0 Å². The molecular weight excluding hydrogens is 519 g/mol. The maximum absolute atomic E-state index is 5.77. The summed E-state index contributed by atoms with van der Waals surface area (Å²) < 4.78 is 16.4. The number of hydrogen-bond donors (Lipinski definition) is 2. The second kappa shape index (κ2) is 14.9. The van der Waals surface area contributed by atoms with Crippen molar-refractivity contribution in [2.75, 3.05) is 53.6 Å². The Hall–Kier alpha value is -2.04. The number of rotatable bonds is 10. The van der Waals surface area contributed by atoms with E-state index in [4.69, 9.17) is 14.2 Å². The van der Waals surface area contributed by atoms with Gasteiger partial charge in [0.05, 0.1) is 26.9 Å². The van der Waals surface area contributed by atoms with Crippen molar-refractivity contribution in [3.05, 3.63) is 59.7 Å². The molecular formula is C24H35IN4O3. The number of ether oxygens (including phenoxy) is 3. The van der Waals surface area contributed by atoms with Crippen molar-refractivity contribution in [2.24, 2.45) is 4.99 Å². The lowest BCUT2D eigenvalue weighted by atomic mass is 10.1. The molecule has 3 rings (SSSR count). The van der Waals surface area contributed by atoms with E-state index in [0.29, 0.717) is 6.61 Å². The highest BCUT2D eigenvalue weighted by Crippen LogP contribution is 2.17. The molecule has 1 aliphatic heterocycles. The van der Waals surface area contributed by atoms with Gasteiger partial charge in [-0.05, 0) is 41.8 Å². The van der Waals surface area contributed by atoms with E-state index in [0.717, 1.165) is 69.8 Å². The first-order valence-corrected chi connectivity index (χ1v) is 10.9. The van der Waals surface area contributed by atoms with Crippen molar-refractivity contribution >= 4 is 29.9 Å². The topological polar surface area (TPSA) is 67.4 Å². The van der Waals surface area contributed by atoms with Crippen molar-refractivity contribution in [3.8, 4) is 11.5 Å². The summed E-state index contributed by atoms with van der Waals surface area (Å²) in [4.78, 5) is 6.78. The average Bonchev–Trinajstić information content (AvgIpc) is 2.83. The molecule has 32 heavy (non-hydrogen) atoms. The molecule has 0 atom stereocenters. The SMILES string of the molecule is CN=C(NCCCOc1ccc(OC)cc1)NCc1ccccc1CN1CCOCC1.I. The third kappa shape index (κ3) is 8.84. The number of benzene rings is 2. The Kier molecular flexibility index (Phi) is 12.2. The van der Waals surface area contributed by atoms with Gasteiger partial charge in [-0.3, -0.25) is 9.89 Å². The van der Waals surface area contributed by atoms with Gasteiger partial charge in [0, 0.05) is 39.8 Å². The van der Waals surface area contributed by atoms with Crippen LogP contribution >= 0.6 is 24.0 Å². The van der Waals surface area contributed by atoms with E-state index in [1.54, 1.807) is 14.2 Å². The summed E-state index contributed by atoms with van der Waals surface area (Å²) in [7, 11) is 3.45. The summed E-state index contributed by atoms with van der Waals surface area (Å²) in [6, 6.07) is 16.2. The quantitative estimate of drug-likeness (QED) is 0.204. The molecule has 2 aromatic rings. The zero-order chi connectivity index (χ0) is 21.7. The molecule has 1 heterocycles. The molecule has 0 unspecified atom stereocenters. The fourth-order valence-corrected chi connectivity index (χ4v) is 3.42. The van der Waals surface area contributed by atoms with Crippen LogP contribution in [0.5, 0.6) is 11.5 Å². The number of morpholine rings is 1. The first-order chi connectivity index (χ1) is 15.3. The Balaban J connectivity index is 0.00000363. The van der Waals surface area contributed by atoms with E-state index < -0.39 is 0 Å². The molecule has 1 saturated heterocycles. The Bertz CT molecular complexity index is 811. The summed E-state index contributed by atoms with van der Waals surface area (Å²) in [5, 5.41) is 6.78. The smallest absolute Gasteiger partial charge is 0.191 e. The van der Waals surface area contributed by atoms with Crippen LogP contribution in [-0.2, 0) is 17.8 Å². The van der Waals surface area contributed by atoms with Crippen LogP contribution in [0.1, 0.15) is 17.5 Å². The number of nitrogens with zero attached hydrogens (tertiary/aromatic N) is 2. The Morgan fingerprint density at radius 1 is 1.00 bits per heavy atom. The molecule has 0 spiro atoms. The summed E-state index contributed by atoms with van der Waals surface area (Å²) >= 11 is 0. The lowest BCUT2D eigenvalue weighted by Gasteiger charge is -2.27. The fourth-order valence-electron chi connectivity index (χ4n) is 3.42. The van der Waals surface area contributed by atoms with E-state index >= 15 is 0 Å². The molecule has 0 bridgehead atoms. The monoisotopic (exact) mass is 554 g/mol. The number of hydrogen-bond acceptors (Lipinski definition) is 5. The predicted octanol–water partition coefficient (Wildman–Crippen LogP) is 3.28. The second-order valence-electron chi connectivity index (χ2n) is 7.39. The van der Waals surface area contributed by atoms with Gasteiger partial charge in [-0.2, -0.15) is 0 Å². The average molecular weight is 554 g/mol. The van der Waals surface area contributed by atoms with Crippen molar-refractivity contribution in [2.45, 2.75) is 19.5 Å². The van der Waals surface area contributed by atoms with Crippen molar-refractivity contribution < 1.29 is 14.2 Å². The molecule has 0 saturated carbocycles. The van der Waals surface area contributed by atoms with Gasteiger partial charge in [-0.15, -0.1) is 24.0 Å². The molecule has 0 amide bonds. The molecule has 0 aliphatic carbocycles. The van der Waals surface area contributed by atoms with Crippen LogP contribution in [0.4, 0.5) is 0 Å². The standard InChI is InChI=1S/C24H34N4O3.HI/c1-25-24(26-12-5-15-31-23-10-8-22(29-2)9-11-23)27-18-20-6-3-4-7-21(20)19-28-13-16-30-17-14-28;/h3-4,6-11H,5,12-19H2,1-2H3,(H2,25,26,27);1H. The maximum atomic E-state index is 5.77. The van der Waals surface area contributed by atoms with Gasteiger partial charge < -0.3 is 24.8 Å². The van der Waals surface area contributed by atoms with E-state index in [1.807, 2.05) is 24.3 Å². The fraction of sp³-hybridized carbons (Fsp3) is 0.458. The summed E-state index contributed by atoms with van der Waals surface area (Å²) in [6.07, 6.45) is 0.875. The molecule has 0 aromatic heterocycles. The number of halogens is 1. The minimum Gasteiger partial charge on any atom is -0.497 e. The van der Waals surface area contributed by atoms with Gasteiger partial charge in [0.1, 0.15) is 11.5 Å². The molecule has 2 aromatic carbocycles. The lowest BCUT2D eigenvalue weighted by molar-refractivity contribution is 0.0341. The first-order valence-electron chi connectivity index (χ1n) is 10.9. The zero-order valence-electron chi connectivity index (χ0n) is 19.0. The van der Waals surface area contributed by atoms with Crippen molar-refractivity contribution in [3.63, 3.8) is 0 Å². The predicted molar refractivity (Wildman–Crippen MR) is 139 cm³/mol. The molecule has 8 heteroatoms. The lowest BCUT2D eigenvalue weighted by Crippen LogP contribution is -2.38. The normalized spacial score (nSPS) is 14.4. The van der Waals surface area contributed by atoms with Gasteiger partial charge >= 0.3 is 0 Å². The Morgan fingerprint density at radius 3 is 2.38 bits per heavy atom. The number of guanidine groups is 1. The second-order valence-corrected chi connectivity index (χ2v) is 7.39. The molecule has 176 valence electrons. The molecule has 7 nitrogen and oxygen atoms in total. The van der Waals surface area contributed by atoms with Crippen LogP contribution in [0.25, 0.3) is 0 Å². The zero-order valence-corrected chi connectivity index (χ0v) is 21.3.